The van der Waals surface area contributed by atoms with Gasteiger partial charge in [-0.15, -0.1) is 0 Å². The van der Waals surface area contributed by atoms with Gasteiger partial charge in [-0.05, 0) is 42.4 Å². The highest BCUT2D eigenvalue weighted by Gasteiger charge is 2.19. The molecule has 0 radical (unpaired) electrons. The van der Waals surface area contributed by atoms with Crippen LogP contribution < -0.4 is 0 Å². The average molecular weight is 345 g/mol. The Morgan fingerprint density at radius 2 is 1.80 bits per heavy atom. The molecule has 0 bridgehead atoms. The second-order valence-electron chi connectivity index (χ2n) is 7.14. The van der Waals surface area contributed by atoms with Crippen LogP contribution in [0.4, 0.5) is 0 Å². The Kier molecular flexibility index (Phi) is 6.73. The number of hydrogen-bond donors (Lipinski definition) is 1. The zero-order valence-corrected chi connectivity index (χ0v) is 15.1. The van der Waals surface area contributed by atoms with Gasteiger partial charge in [-0.1, -0.05) is 26.0 Å². The number of rotatable bonds is 9. The number of benzene rings is 1. The van der Waals surface area contributed by atoms with Crippen molar-refractivity contribution in [2.24, 2.45) is 5.92 Å². The topological polar surface area (TPSA) is 74.7 Å². The number of fused-ring (bicyclic) bond motifs is 1. The van der Waals surface area contributed by atoms with E-state index >= 15 is 0 Å². The number of ketones is 1. The zero-order valence-electron chi connectivity index (χ0n) is 15.1. The van der Waals surface area contributed by atoms with Gasteiger partial charge in [0.15, 0.2) is 5.78 Å². The molecular weight excluding hydrogens is 318 g/mol. The van der Waals surface area contributed by atoms with E-state index in [2.05, 4.69) is 0 Å². The van der Waals surface area contributed by atoms with Gasteiger partial charge < -0.3 is 10.0 Å². The van der Waals surface area contributed by atoms with Crippen molar-refractivity contribution in [1.82, 2.24) is 4.90 Å². The molecule has 0 aromatic heterocycles. The van der Waals surface area contributed by atoms with E-state index in [1.807, 2.05) is 32.0 Å². The standard InChI is InChI=1S/C20H27NO4/c1-14(2)13-21(11-10-20(24)25)19(23)9-8-18(22)17-7-6-15-4-3-5-16(15)12-17/h6-7,12,14H,3-5,8-11,13H2,1-2H3,(H,24,25). The van der Waals surface area contributed by atoms with Gasteiger partial charge in [-0.3, -0.25) is 14.4 Å². The second-order valence-corrected chi connectivity index (χ2v) is 7.14. The highest BCUT2D eigenvalue weighted by Crippen LogP contribution is 2.23. The molecule has 0 spiro atoms. The Hall–Kier alpha value is -2.17. The minimum Gasteiger partial charge on any atom is -0.481 e. The number of carbonyl (C=O) groups is 3. The Morgan fingerprint density at radius 3 is 2.48 bits per heavy atom. The first-order valence-corrected chi connectivity index (χ1v) is 9.01. The number of Topliss-reactive ketones (excluding diaryl/α,β-unsaturated/α-hetero) is 1. The summed E-state index contributed by atoms with van der Waals surface area (Å²) in [5, 5.41) is 8.83. The number of carboxylic acid groups (broad SMARTS) is 1. The Balaban J connectivity index is 1.91. The van der Waals surface area contributed by atoms with Crippen LogP contribution in [0.3, 0.4) is 0 Å². The van der Waals surface area contributed by atoms with Crippen LogP contribution in [0.25, 0.3) is 0 Å². The molecule has 0 heterocycles. The summed E-state index contributed by atoms with van der Waals surface area (Å²) in [5.41, 5.74) is 3.25. The monoisotopic (exact) mass is 345 g/mol. The Bertz CT molecular complexity index is 651. The van der Waals surface area contributed by atoms with Crippen molar-refractivity contribution >= 4 is 17.7 Å². The van der Waals surface area contributed by atoms with Crippen molar-refractivity contribution in [2.75, 3.05) is 13.1 Å². The predicted octanol–water partition coefficient (Wildman–Crippen LogP) is 3.10. The average Bonchev–Trinajstić information content (AvgIpc) is 3.03. The third-order valence-corrected chi connectivity index (χ3v) is 4.52. The van der Waals surface area contributed by atoms with E-state index in [0.29, 0.717) is 12.1 Å². The maximum atomic E-state index is 12.4. The van der Waals surface area contributed by atoms with Crippen LogP contribution in [0.2, 0.25) is 0 Å². The molecule has 1 aliphatic rings. The number of aryl methyl sites for hydroxylation is 2. The molecule has 0 unspecified atom stereocenters. The molecule has 5 nitrogen and oxygen atoms in total. The lowest BCUT2D eigenvalue weighted by Crippen LogP contribution is -2.36. The van der Waals surface area contributed by atoms with Gasteiger partial charge in [0.05, 0.1) is 6.42 Å². The van der Waals surface area contributed by atoms with E-state index in [1.165, 1.54) is 11.1 Å². The molecule has 1 aliphatic carbocycles. The SMILES string of the molecule is CC(C)CN(CCC(=O)O)C(=O)CCC(=O)c1ccc2c(c1)CCC2. The normalized spacial score (nSPS) is 12.9. The molecule has 25 heavy (non-hydrogen) atoms. The van der Waals surface area contributed by atoms with E-state index in [4.69, 9.17) is 5.11 Å². The number of aliphatic carboxylic acids is 1. The van der Waals surface area contributed by atoms with Crippen LogP contribution in [-0.2, 0) is 22.4 Å². The van der Waals surface area contributed by atoms with E-state index in [9.17, 15) is 14.4 Å². The molecule has 1 N–H and O–H groups in total. The fraction of sp³-hybridized carbons (Fsp3) is 0.550. The fourth-order valence-corrected chi connectivity index (χ4v) is 3.26. The van der Waals surface area contributed by atoms with E-state index in [1.54, 1.807) is 4.90 Å². The molecule has 2 rings (SSSR count). The number of amides is 1. The lowest BCUT2D eigenvalue weighted by Gasteiger charge is -2.24. The minimum absolute atomic E-state index is 0.0224. The Morgan fingerprint density at radius 1 is 1.08 bits per heavy atom. The second kappa shape index (κ2) is 8.79. The summed E-state index contributed by atoms with van der Waals surface area (Å²) in [7, 11) is 0. The largest absolute Gasteiger partial charge is 0.481 e. The van der Waals surface area contributed by atoms with Crippen LogP contribution in [0.5, 0.6) is 0 Å². The minimum atomic E-state index is -0.921. The van der Waals surface area contributed by atoms with Crippen molar-refractivity contribution in [3.05, 3.63) is 34.9 Å². The van der Waals surface area contributed by atoms with Crippen molar-refractivity contribution in [2.45, 2.75) is 52.4 Å². The lowest BCUT2D eigenvalue weighted by atomic mass is 10.0. The summed E-state index contributed by atoms with van der Waals surface area (Å²) in [6, 6.07) is 5.84. The first-order valence-electron chi connectivity index (χ1n) is 9.01. The molecule has 0 aliphatic heterocycles. The van der Waals surface area contributed by atoms with Gasteiger partial charge in [0.2, 0.25) is 5.91 Å². The van der Waals surface area contributed by atoms with Crippen LogP contribution >= 0.6 is 0 Å². The molecule has 136 valence electrons. The molecule has 0 atom stereocenters. The summed E-state index contributed by atoms with van der Waals surface area (Å²) >= 11 is 0. The first kappa shape index (κ1) is 19.2. The van der Waals surface area contributed by atoms with Gasteiger partial charge in [0.25, 0.3) is 0 Å². The maximum Gasteiger partial charge on any atom is 0.305 e. The van der Waals surface area contributed by atoms with Crippen LogP contribution in [0.15, 0.2) is 18.2 Å². The number of carbonyl (C=O) groups excluding carboxylic acids is 2. The van der Waals surface area contributed by atoms with E-state index in [0.717, 1.165) is 19.3 Å². The summed E-state index contributed by atoms with van der Waals surface area (Å²) in [4.78, 5) is 37.1. The van der Waals surface area contributed by atoms with Gasteiger partial charge in [-0.2, -0.15) is 0 Å². The summed E-state index contributed by atoms with van der Waals surface area (Å²) < 4.78 is 0. The lowest BCUT2D eigenvalue weighted by molar-refractivity contribution is -0.138. The van der Waals surface area contributed by atoms with Crippen LogP contribution in [-0.4, -0.2) is 40.8 Å². The van der Waals surface area contributed by atoms with E-state index in [-0.39, 0.29) is 43.4 Å². The third kappa shape index (κ3) is 5.69. The van der Waals surface area contributed by atoms with Gasteiger partial charge in [0, 0.05) is 31.5 Å². The van der Waals surface area contributed by atoms with E-state index < -0.39 is 5.97 Å². The number of nitrogens with zero attached hydrogens (tertiary/aromatic N) is 1. The molecule has 5 heteroatoms. The quantitative estimate of drug-likeness (QED) is 0.698. The van der Waals surface area contributed by atoms with Gasteiger partial charge in [-0.25, -0.2) is 0 Å². The van der Waals surface area contributed by atoms with Gasteiger partial charge >= 0.3 is 5.97 Å². The van der Waals surface area contributed by atoms with Crippen molar-refractivity contribution in [3.63, 3.8) is 0 Å². The summed E-state index contributed by atoms with van der Waals surface area (Å²) in [6.07, 6.45) is 3.46. The molecular formula is C20H27NO4. The van der Waals surface area contributed by atoms with Crippen LogP contribution in [0, 0.1) is 5.92 Å². The third-order valence-electron chi connectivity index (χ3n) is 4.52. The Labute approximate surface area is 149 Å². The number of carboxylic acids is 1. The fourth-order valence-electron chi connectivity index (χ4n) is 3.26. The maximum absolute atomic E-state index is 12.4. The van der Waals surface area contributed by atoms with Crippen molar-refractivity contribution < 1.29 is 19.5 Å². The molecule has 0 saturated carbocycles. The highest BCUT2D eigenvalue weighted by atomic mass is 16.4. The molecule has 1 amide bonds. The predicted molar refractivity (Wildman–Crippen MR) is 95.7 cm³/mol. The number of hydrogen-bond acceptors (Lipinski definition) is 3. The van der Waals surface area contributed by atoms with Gasteiger partial charge in [0.1, 0.15) is 0 Å². The first-order chi connectivity index (χ1) is 11.9. The molecule has 1 aromatic rings. The summed E-state index contributed by atoms with van der Waals surface area (Å²) in [5.74, 6) is -0.837. The van der Waals surface area contributed by atoms with Crippen molar-refractivity contribution in [1.29, 1.82) is 0 Å². The zero-order chi connectivity index (χ0) is 18.4. The smallest absolute Gasteiger partial charge is 0.305 e. The highest BCUT2D eigenvalue weighted by molar-refractivity contribution is 5.98. The van der Waals surface area contributed by atoms with Crippen LogP contribution in [0.1, 0.15) is 61.0 Å². The molecule has 1 aromatic carbocycles. The van der Waals surface area contributed by atoms with Crippen molar-refractivity contribution in [3.8, 4) is 0 Å². The molecule has 0 saturated heterocycles. The molecule has 0 fully saturated rings. The summed E-state index contributed by atoms with van der Waals surface area (Å²) in [6.45, 7) is 4.67.